The smallest absolute Gasteiger partial charge is 0.316 e. The van der Waals surface area contributed by atoms with Crippen LogP contribution < -0.4 is 10.6 Å². The zero-order chi connectivity index (χ0) is 12.1. The first-order chi connectivity index (χ1) is 8.29. The number of anilines is 1. The molecule has 0 saturated carbocycles. The van der Waals surface area contributed by atoms with E-state index in [1.165, 1.54) is 4.88 Å². The predicted octanol–water partition coefficient (Wildman–Crippen LogP) is 2.41. The molecule has 0 aliphatic rings. The SMILES string of the molecule is CCNCc1nnc(NC(C)c2cccs2)o1. The summed E-state index contributed by atoms with van der Waals surface area (Å²) in [5, 5.41) is 16.3. The van der Waals surface area contributed by atoms with Crippen molar-refractivity contribution in [2.24, 2.45) is 0 Å². The number of thiophene rings is 1. The lowest BCUT2D eigenvalue weighted by atomic mass is 10.3. The zero-order valence-corrected chi connectivity index (χ0v) is 10.8. The van der Waals surface area contributed by atoms with E-state index in [0.29, 0.717) is 18.5 Å². The maximum absolute atomic E-state index is 5.46. The molecule has 2 N–H and O–H groups in total. The lowest BCUT2D eigenvalue weighted by Gasteiger charge is -2.08. The van der Waals surface area contributed by atoms with Gasteiger partial charge < -0.3 is 15.1 Å². The molecule has 2 rings (SSSR count). The fourth-order valence-corrected chi connectivity index (χ4v) is 2.14. The van der Waals surface area contributed by atoms with Crippen molar-refractivity contribution in [2.45, 2.75) is 26.4 Å². The summed E-state index contributed by atoms with van der Waals surface area (Å²) in [6, 6.07) is 4.77. The van der Waals surface area contributed by atoms with Crippen LogP contribution in [0.4, 0.5) is 6.01 Å². The molecule has 0 saturated heterocycles. The van der Waals surface area contributed by atoms with E-state index in [1.807, 2.05) is 13.0 Å². The van der Waals surface area contributed by atoms with Gasteiger partial charge in [-0.3, -0.25) is 0 Å². The van der Waals surface area contributed by atoms with Gasteiger partial charge in [-0.05, 0) is 24.9 Å². The van der Waals surface area contributed by atoms with E-state index in [4.69, 9.17) is 4.42 Å². The Morgan fingerprint density at radius 2 is 2.35 bits per heavy atom. The summed E-state index contributed by atoms with van der Waals surface area (Å²) in [5.74, 6) is 0.604. The van der Waals surface area contributed by atoms with Crippen LogP contribution in [0, 0.1) is 0 Å². The molecule has 6 heteroatoms. The quantitative estimate of drug-likeness (QED) is 0.826. The molecule has 17 heavy (non-hydrogen) atoms. The summed E-state index contributed by atoms with van der Waals surface area (Å²) in [4.78, 5) is 1.25. The highest BCUT2D eigenvalue weighted by Gasteiger charge is 2.10. The van der Waals surface area contributed by atoms with Gasteiger partial charge >= 0.3 is 6.01 Å². The normalized spacial score (nSPS) is 12.6. The molecule has 5 nitrogen and oxygen atoms in total. The molecular formula is C11H16N4OS. The average Bonchev–Trinajstić information content (AvgIpc) is 2.97. The monoisotopic (exact) mass is 252 g/mol. The highest BCUT2D eigenvalue weighted by molar-refractivity contribution is 7.10. The summed E-state index contributed by atoms with van der Waals surface area (Å²) in [6.45, 7) is 5.60. The van der Waals surface area contributed by atoms with Crippen LogP contribution in [0.5, 0.6) is 0 Å². The van der Waals surface area contributed by atoms with Crippen molar-refractivity contribution in [2.75, 3.05) is 11.9 Å². The third-order valence-corrected chi connectivity index (χ3v) is 3.36. The minimum Gasteiger partial charge on any atom is -0.407 e. The van der Waals surface area contributed by atoms with Gasteiger partial charge in [-0.25, -0.2) is 0 Å². The average molecular weight is 252 g/mol. The minimum atomic E-state index is 0.183. The molecule has 2 heterocycles. The lowest BCUT2D eigenvalue weighted by Crippen LogP contribution is -2.11. The third-order valence-electron chi connectivity index (χ3n) is 2.30. The largest absolute Gasteiger partial charge is 0.407 e. The highest BCUT2D eigenvalue weighted by Crippen LogP contribution is 2.22. The highest BCUT2D eigenvalue weighted by atomic mass is 32.1. The van der Waals surface area contributed by atoms with Gasteiger partial charge in [-0.15, -0.1) is 16.4 Å². The molecule has 0 aromatic carbocycles. The minimum absolute atomic E-state index is 0.183. The second kappa shape index (κ2) is 5.79. The van der Waals surface area contributed by atoms with Crippen molar-refractivity contribution in [1.82, 2.24) is 15.5 Å². The second-order valence-corrected chi connectivity index (χ2v) is 4.64. The maximum atomic E-state index is 5.46. The first kappa shape index (κ1) is 12.1. The molecule has 2 aromatic rings. The number of nitrogens with one attached hydrogen (secondary N) is 2. The van der Waals surface area contributed by atoms with Crippen molar-refractivity contribution < 1.29 is 4.42 Å². The van der Waals surface area contributed by atoms with Gasteiger partial charge in [-0.1, -0.05) is 18.1 Å². The molecule has 92 valence electrons. The zero-order valence-electron chi connectivity index (χ0n) is 9.93. The Morgan fingerprint density at radius 1 is 1.47 bits per heavy atom. The van der Waals surface area contributed by atoms with Crippen LogP contribution in [0.1, 0.15) is 30.7 Å². The lowest BCUT2D eigenvalue weighted by molar-refractivity contribution is 0.478. The van der Waals surface area contributed by atoms with Gasteiger partial charge in [-0.2, -0.15) is 0 Å². The molecule has 0 bridgehead atoms. The Balaban J connectivity index is 1.92. The van der Waals surface area contributed by atoms with Crippen molar-refractivity contribution >= 4 is 17.4 Å². The first-order valence-corrected chi connectivity index (χ1v) is 6.50. The number of aromatic nitrogens is 2. The van der Waals surface area contributed by atoms with E-state index in [-0.39, 0.29) is 6.04 Å². The summed E-state index contributed by atoms with van der Waals surface area (Å²) in [7, 11) is 0. The summed E-state index contributed by atoms with van der Waals surface area (Å²) in [6.07, 6.45) is 0. The number of rotatable bonds is 6. The van der Waals surface area contributed by atoms with E-state index in [0.717, 1.165) is 6.54 Å². The molecule has 1 unspecified atom stereocenters. The Hall–Kier alpha value is -1.40. The van der Waals surface area contributed by atoms with Crippen LogP contribution in [0.2, 0.25) is 0 Å². The van der Waals surface area contributed by atoms with Gasteiger partial charge in [0.25, 0.3) is 0 Å². The summed E-state index contributed by atoms with van der Waals surface area (Å²) >= 11 is 1.71. The standard InChI is InChI=1S/C11H16N4OS/c1-3-12-7-10-14-15-11(16-10)13-8(2)9-5-4-6-17-9/h4-6,8,12H,3,7H2,1-2H3,(H,13,15). The van der Waals surface area contributed by atoms with Gasteiger partial charge in [0.1, 0.15) is 0 Å². The second-order valence-electron chi connectivity index (χ2n) is 3.66. The van der Waals surface area contributed by atoms with Gasteiger partial charge in [0, 0.05) is 4.88 Å². The van der Waals surface area contributed by atoms with E-state index in [9.17, 15) is 0 Å². The number of hydrogen-bond donors (Lipinski definition) is 2. The van der Waals surface area contributed by atoms with E-state index >= 15 is 0 Å². The fraction of sp³-hybridized carbons (Fsp3) is 0.455. The first-order valence-electron chi connectivity index (χ1n) is 5.62. The van der Waals surface area contributed by atoms with Crippen molar-refractivity contribution in [3.63, 3.8) is 0 Å². The Kier molecular flexibility index (Phi) is 4.11. The number of hydrogen-bond acceptors (Lipinski definition) is 6. The van der Waals surface area contributed by atoms with E-state index in [2.05, 4.69) is 39.2 Å². The molecule has 0 radical (unpaired) electrons. The van der Waals surface area contributed by atoms with Crippen LogP contribution in [0.3, 0.4) is 0 Å². The molecule has 0 aliphatic carbocycles. The van der Waals surface area contributed by atoms with Crippen molar-refractivity contribution in [1.29, 1.82) is 0 Å². The van der Waals surface area contributed by atoms with Crippen LogP contribution in [-0.2, 0) is 6.54 Å². The third kappa shape index (κ3) is 3.28. The van der Waals surface area contributed by atoms with Crippen LogP contribution in [0.15, 0.2) is 21.9 Å². The van der Waals surface area contributed by atoms with Crippen LogP contribution >= 0.6 is 11.3 Å². The molecule has 0 aliphatic heterocycles. The Labute approximate surface area is 104 Å². The van der Waals surface area contributed by atoms with E-state index in [1.54, 1.807) is 11.3 Å². The van der Waals surface area contributed by atoms with Gasteiger partial charge in [0.2, 0.25) is 5.89 Å². The van der Waals surface area contributed by atoms with Crippen molar-refractivity contribution in [3.8, 4) is 0 Å². The predicted molar refractivity (Wildman–Crippen MR) is 68.0 cm³/mol. The Morgan fingerprint density at radius 3 is 3.06 bits per heavy atom. The summed E-state index contributed by atoms with van der Waals surface area (Å²) < 4.78 is 5.46. The molecule has 1 atom stereocenters. The topological polar surface area (TPSA) is 63.0 Å². The van der Waals surface area contributed by atoms with E-state index < -0.39 is 0 Å². The molecule has 2 aromatic heterocycles. The molecule has 0 fully saturated rings. The molecular weight excluding hydrogens is 236 g/mol. The van der Waals surface area contributed by atoms with Crippen LogP contribution in [-0.4, -0.2) is 16.7 Å². The summed E-state index contributed by atoms with van der Waals surface area (Å²) in [5.41, 5.74) is 0. The Bertz CT molecular complexity index is 440. The molecule has 0 spiro atoms. The maximum Gasteiger partial charge on any atom is 0.316 e. The fourth-order valence-electron chi connectivity index (χ4n) is 1.41. The van der Waals surface area contributed by atoms with Gasteiger partial charge in [0.15, 0.2) is 0 Å². The van der Waals surface area contributed by atoms with Crippen molar-refractivity contribution in [3.05, 3.63) is 28.3 Å². The number of nitrogens with zero attached hydrogens (tertiary/aromatic N) is 2. The van der Waals surface area contributed by atoms with Gasteiger partial charge in [0.05, 0.1) is 12.6 Å². The molecule has 0 amide bonds. The van der Waals surface area contributed by atoms with Crippen LogP contribution in [0.25, 0.3) is 0 Å².